The van der Waals surface area contributed by atoms with Gasteiger partial charge in [-0.25, -0.2) is 13.6 Å². The molecule has 3 nitrogen and oxygen atoms in total. The fourth-order valence-corrected chi connectivity index (χ4v) is 2.77. The van der Waals surface area contributed by atoms with E-state index < -0.39 is 10.0 Å². The molecule has 0 fully saturated rings. The first-order valence-corrected chi connectivity index (χ1v) is 7.20. The van der Waals surface area contributed by atoms with E-state index in [1.165, 1.54) is 6.07 Å². The third kappa shape index (κ3) is 2.74. The van der Waals surface area contributed by atoms with Crippen molar-refractivity contribution < 1.29 is 8.42 Å². The van der Waals surface area contributed by atoms with E-state index in [-0.39, 0.29) is 4.90 Å². The van der Waals surface area contributed by atoms with E-state index in [1.807, 2.05) is 24.3 Å². The molecule has 0 radical (unpaired) electrons. The predicted molar refractivity (Wildman–Crippen MR) is 71.0 cm³/mol. The van der Waals surface area contributed by atoms with Gasteiger partial charge in [-0.1, -0.05) is 46.3 Å². The number of sulfonamides is 1. The fourth-order valence-electron chi connectivity index (χ4n) is 1.61. The average Bonchev–Trinajstić information content (AvgIpc) is 2.28. The van der Waals surface area contributed by atoms with E-state index in [0.717, 1.165) is 10.0 Å². The molecule has 17 heavy (non-hydrogen) atoms. The van der Waals surface area contributed by atoms with Crippen LogP contribution in [0.2, 0.25) is 0 Å². The Bertz CT molecular complexity index is 653. The van der Waals surface area contributed by atoms with Crippen molar-refractivity contribution in [2.45, 2.75) is 4.90 Å². The van der Waals surface area contributed by atoms with E-state index in [1.54, 1.807) is 18.2 Å². The van der Waals surface area contributed by atoms with Crippen molar-refractivity contribution in [3.8, 4) is 11.1 Å². The van der Waals surface area contributed by atoms with Crippen molar-refractivity contribution >= 4 is 26.0 Å². The summed E-state index contributed by atoms with van der Waals surface area (Å²) in [6, 6.07) is 14.1. The smallest absolute Gasteiger partial charge is 0.225 e. The van der Waals surface area contributed by atoms with Gasteiger partial charge in [-0.05, 0) is 23.8 Å². The zero-order chi connectivity index (χ0) is 12.5. The van der Waals surface area contributed by atoms with Crippen LogP contribution in [0.15, 0.2) is 57.9 Å². The Morgan fingerprint density at radius 2 is 1.71 bits per heavy atom. The lowest BCUT2D eigenvalue weighted by Crippen LogP contribution is -2.13. The van der Waals surface area contributed by atoms with Crippen LogP contribution in [0.4, 0.5) is 0 Å². The van der Waals surface area contributed by atoms with Crippen molar-refractivity contribution in [2.24, 2.45) is 5.14 Å². The summed E-state index contributed by atoms with van der Waals surface area (Å²) in [6.45, 7) is 0. The van der Waals surface area contributed by atoms with Crippen molar-refractivity contribution in [3.05, 3.63) is 53.0 Å². The van der Waals surface area contributed by atoms with Gasteiger partial charge in [0.25, 0.3) is 0 Å². The first-order valence-electron chi connectivity index (χ1n) is 4.86. The van der Waals surface area contributed by atoms with Gasteiger partial charge in [0.05, 0.1) is 4.90 Å². The Balaban J connectivity index is 2.69. The maximum atomic E-state index is 11.5. The topological polar surface area (TPSA) is 60.2 Å². The summed E-state index contributed by atoms with van der Waals surface area (Å²) in [4.78, 5) is 0.137. The van der Waals surface area contributed by atoms with Gasteiger partial charge in [0.2, 0.25) is 10.0 Å². The van der Waals surface area contributed by atoms with Crippen LogP contribution in [0.25, 0.3) is 11.1 Å². The molecule has 0 saturated heterocycles. The minimum absolute atomic E-state index is 0.137. The standard InChI is InChI=1S/C12H10BrNO2S/c13-10-5-3-4-9(8-10)11-6-1-2-7-12(11)17(14,15)16/h1-8H,(H2,14,15,16). The van der Waals surface area contributed by atoms with Crippen LogP contribution in [-0.4, -0.2) is 8.42 Å². The van der Waals surface area contributed by atoms with Gasteiger partial charge in [-0.3, -0.25) is 0 Å². The van der Waals surface area contributed by atoms with E-state index in [2.05, 4.69) is 15.9 Å². The molecule has 0 unspecified atom stereocenters. The molecular weight excluding hydrogens is 302 g/mol. The lowest BCUT2D eigenvalue weighted by atomic mass is 10.1. The minimum atomic E-state index is -3.71. The van der Waals surface area contributed by atoms with Gasteiger partial charge in [0.1, 0.15) is 0 Å². The normalized spacial score (nSPS) is 11.4. The zero-order valence-electron chi connectivity index (χ0n) is 8.80. The van der Waals surface area contributed by atoms with Gasteiger partial charge in [-0.15, -0.1) is 0 Å². The quantitative estimate of drug-likeness (QED) is 0.927. The van der Waals surface area contributed by atoms with Gasteiger partial charge in [-0.2, -0.15) is 0 Å². The molecule has 2 N–H and O–H groups in total. The second kappa shape index (κ2) is 4.60. The molecule has 5 heteroatoms. The van der Waals surface area contributed by atoms with Crippen LogP contribution in [0.5, 0.6) is 0 Å². The molecule has 2 aromatic carbocycles. The van der Waals surface area contributed by atoms with Gasteiger partial charge in [0.15, 0.2) is 0 Å². The van der Waals surface area contributed by atoms with E-state index in [9.17, 15) is 8.42 Å². The highest BCUT2D eigenvalue weighted by Crippen LogP contribution is 2.28. The minimum Gasteiger partial charge on any atom is -0.225 e. The van der Waals surface area contributed by atoms with Crippen molar-refractivity contribution in [2.75, 3.05) is 0 Å². The maximum absolute atomic E-state index is 11.5. The Morgan fingerprint density at radius 3 is 2.35 bits per heavy atom. The lowest BCUT2D eigenvalue weighted by Gasteiger charge is -2.07. The first kappa shape index (κ1) is 12.3. The molecule has 2 aromatic rings. The Morgan fingerprint density at radius 1 is 1.00 bits per heavy atom. The highest BCUT2D eigenvalue weighted by molar-refractivity contribution is 9.10. The summed E-state index contributed by atoms with van der Waals surface area (Å²) in [5.74, 6) is 0. The van der Waals surface area contributed by atoms with Crippen LogP contribution in [0, 0.1) is 0 Å². The van der Waals surface area contributed by atoms with E-state index in [4.69, 9.17) is 5.14 Å². The SMILES string of the molecule is NS(=O)(=O)c1ccccc1-c1cccc(Br)c1. The van der Waals surface area contributed by atoms with E-state index >= 15 is 0 Å². The number of hydrogen-bond acceptors (Lipinski definition) is 2. The molecule has 2 rings (SSSR count). The molecule has 0 heterocycles. The largest absolute Gasteiger partial charge is 0.238 e. The number of hydrogen-bond donors (Lipinski definition) is 1. The van der Waals surface area contributed by atoms with Gasteiger partial charge >= 0.3 is 0 Å². The number of primary sulfonamides is 1. The number of rotatable bonds is 2. The van der Waals surface area contributed by atoms with Gasteiger partial charge in [0, 0.05) is 10.0 Å². The third-order valence-corrected chi connectivity index (χ3v) is 3.79. The molecule has 0 saturated carbocycles. The average molecular weight is 312 g/mol. The molecule has 0 bridgehead atoms. The van der Waals surface area contributed by atoms with Crippen molar-refractivity contribution in [1.29, 1.82) is 0 Å². The molecule has 0 spiro atoms. The van der Waals surface area contributed by atoms with E-state index in [0.29, 0.717) is 5.56 Å². The number of halogens is 1. The summed E-state index contributed by atoms with van der Waals surface area (Å²) < 4.78 is 23.8. The number of nitrogens with two attached hydrogens (primary N) is 1. The summed E-state index contributed by atoms with van der Waals surface area (Å²) in [5, 5.41) is 5.19. The Kier molecular flexibility index (Phi) is 3.33. The second-order valence-corrected chi connectivity index (χ2v) is 6.00. The molecule has 0 amide bonds. The van der Waals surface area contributed by atoms with Crippen LogP contribution in [0.3, 0.4) is 0 Å². The monoisotopic (exact) mass is 311 g/mol. The predicted octanol–water partition coefficient (Wildman–Crippen LogP) is 2.76. The second-order valence-electron chi connectivity index (χ2n) is 3.55. The summed E-state index contributed by atoms with van der Waals surface area (Å²) in [7, 11) is -3.71. The summed E-state index contributed by atoms with van der Waals surface area (Å²) in [6.07, 6.45) is 0. The van der Waals surface area contributed by atoms with Crippen LogP contribution in [0.1, 0.15) is 0 Å². The molecule has 0 aliphatic heterocycles. The summed E-state index contributed by atoms with van der Waals surface area (Å²) in [5.41, 5.74) is 1.42. The molecular formula is C12H10BrNO2S. The highest BCUT2D eigenvalue weighted by atomic mass is 79.9. The van der Waals surface area contributed by atoms with Crippen LogP contribution < -0.4 is 5.14 Å². The Labute approximate surface area is 108 Å². The number of benzene rings is 2. The van der Waals surface area contributed by atoms with Gasteiger partial charge < -0.3 is 0 Å². The van der Waals surface area contributed by atoms with Crippen molar-refractivity contribution in [3.63, 3.8) is 0 Å². The third-order valence-electron chi connectivity index (χ3n) is 2.33. The highest BCUT2D eigenvalue weighted by Gasteiger charge is 2.14. The summed E-state index contributed by atoms with van der Waals surface area (Å²) >= 11 is 3.35. The fraction of sp³-hybridized carbons (Fsp3) is 0. The van der Waals surface area contributed by atoms with Crippen LogP contribution in [-0.2, 0) is 10.0 Å². The molecule has 0 aliphatic rings. The first-order chi connectivity index (χ1) is 7.98. The zero-order valence-corrected chi connectivity index (χ0v) is 11.2. The molecule has 88 valence electrons. The lowest BCUT2D eigenvalue weighted by molar-refractivity contribution is 0.598. The van der Waals surface area contributed by atoms with Crippen molar-refractivity contribution in [1.82, 2.24) is 0 Å². The Hall–Kier alpha value is -1.17. The molecule has 0 aliphatic carbocycles. The molecule has 0 atom stereocenters. The maximum Gasteiger partial charge on any atom is 0.238 e. The van der Waals surface area contributed by atoms with Crippen LogP contribution >= 0.6 is 15.9 Å². The molecule has 0 aromatic heterocycles.